The molecular formula is C16H30N4. The highest BCUT2D eigenvalue weighted by Crippen LogP contribution is 2.37. The van der Waals surface area contributed by atoms with Crippen molar-refractivity contribution in [3.05, 3.63) is 11.6 Å². The van der Waals surface area contributed by atoms with Gasteiger partial charge in [0, 0.05) is 24.0 Å². The zero-order chi connectivity index (χ0) is 15.3. The summed E-state index contributed by atoms with van der Waals surface area (Å²) in [4.78, 5) is 2.55. The van der Waals surface area contributed by atoms with E-state index >= 15 is 0 Å². The number of hydrogen-bond acceptors (Lipinski definition) is 3. The van der Waals surface area contributed by atoms with Gasteiger partial charge in [-0.15, -0.1) is 10.2 Å². The second-order valence-electron chi connectivity index (χ2n) is 8.57. The van der Waals surface area contributed by atoms with Crippen molar-refractivity contribution in [3.8, 4) is 0 Å². The van der Waals surface area contributed by atoms with Gasteiger partial charge in [0.2, 0.25) is 0 Å². The maximum Gasteiger partial charge on any atom is 0.147 e. The van der Waals surface area contributed by atoms with Crippen LogP contribution in [0.25, 0.3) is 0 Å². The van der Waals surface area contributed by atoms with Crippen molar-refractivity contribution in [1.82, 2.24) is 19.7 Å². The minimum atomic E-state index is 0.0625. The molecule has 0 fully saturated rings. The molecule has 20 heavy (non-hydrogen) atoms. The van der Waals surface area contributed by atoms with Crippen molar-refractivity contribution in [2.45, 2.75) is 79.4 Å². The molecule has 1 aliphatic rings. The Kier molecular flexibility index (Phi) is 3.52. The Morgan fingerprint density at radius 1 is 0.850 bits per heavy atom. The summed E-state index contributed by atoms with van der Waals surface area (Å²) in [6, 6.07) is 0. The highest BCUT2D eigenvalue weighted by atomic mass is 15.4. The van der Waals surface area contributed by atoms with E-state index in [0.717, 1.165) is 31.3 Å². The Morgan fingerprint density at radius 3 is 1.95 bits per heavy atom. The van der Waals surface area contributed by atoms with Crippen LogP contribution in [0, 0.1) is 5.41 Å². The van der Waals surface area contributed by atoms with Gasteiger partial charge in [0.15, 0.2) is 0 Å². The molecule has 1 aromatic rings. The molecule has 2 rings (SSSR count). The van der Waals surface area contributed by atoms with Crippen LogP contribution in [0.15, 0.2) is 0 Å². The predicted octanol–water partition coefficient (Wildman–Crippen LogP) is 3.22. The first kappa shape index (κ1) is 15.5. The van der Waals surface area contributed by atoms with Crippen LogP contribution in [-0.4, -0.2) is 31.7 Å². The molecule has 0 saturated heterocycles. The summed E-state index contributed by atoms with van der Waals surface area (Å²) < 4.78 is 2.31. The molecule has 0 spiro atoms. The highest BCUT2D eigenvalue weighted by molar-refractivity contribution is 5.09. The van der Waals surface area contributed by atoms with Gasteiger partial charge in [-0.2, -0.15) is 0 Å². The lowest BCUT2D eigenvalue weighted by Crippen LogP contribution is -2.55. The lowest BCUT2D eigenvalue weighted by molar-refractivity contribution is 0.000396. The van der Waals surface area contributed by atoms with Crippen LogP contribution in [0.2, 0.25) is 0 Å². The lowest BCUT2D eigenvalue weighted by Gasteiger charge is -2.49. The van der Waals surface area contributed by atoms with E-state index in [-0.39, 0.29) is 16.4 Å². The van der Waals surface area contributed by atoms with Crippen LogP contribution in [0.1, 0.15) is 67.0 Å². The Hall–Kier alpha value is -0.900. The van der Waals surface area contributed by atoms with Crippen LogP contribution in [0.3, 0.4) is 0 Å². The summed E-state index contributed by atoms with van der Waals surface area (Å²) in [5, 5.41) is 8.87. The van der Waals surface area contributed by atoms with Crippen molar-refractivity contribution in [3.63, 3.8) is 0 Å². The second kappa shape index (κ2) is 4.55. The number of aromatic nitrogens is 3. The number of fused-ring (bicyclic) bond motifs is 1. The van der Waals surface area contributed by atoms with E-state index in [9.17, 15) is 0 Å². The monoisotopic (exact) mass is 278 g/mol. The van der Waals surface area contributed by atoms with E-state index in [1.807, 2.05) is 0 Å². The van der Waals surface area contributed by atoms with E-state index < -0.39 is 0 Å². The first-order chi connectivity index (χ1) is 8.94. The van der Waals surface area contributed by atoms with E-state index in [0.29, 0.717) is 0 Å². The molecule has 0 aromatic carbocycles. The molecule has 1 aromatic heterocycles. The molecule has 4 nitrogen and oxygen atoms in total. The van der Waals surface area contributed by atoms with Gasteiger partial charge in [0.25, 0.3) is 0 Å². The third-order valence-corrected chi connectivity index (χ3v) is 5.05. The standard InChI is InChI=1S/C16H30N4/c1-14(2,3)13-18-17-12-11-19(9-10-20(12)13)16(7,8)15(4,5)6/h9-11H2,1-8H3. The zero-order valence-electron chi connectivity index (χ0n) is 14.4. The number of hydrogen-bond donors (Lipinski definition) is 0. The summed E-state index contributed by atoms with van der Waals surface area (Å²) in [7, 11) is 0. The van der Waals surface area contributed by atoms with Gasteiger partial charge in [-0.1, -0.05) is 41.5 Å². The Bertz CT molecular complexity index is 486. The quantitative estimate of drug-likeness (QED) is 0.791. The molecular weight excluding hydrogens is 248 g/mol. The van der Waals surface area contributed by atoms with Crippen molar-refractivity contribution >= 4 is 0 Å². The van der Waals surface area contributed by atoms with E-state index in [1.165, 1.54) is 0 Å². The third-order valence-electron chi connectivity index (χ3n) is 5.05. The Morgan fingerprint density at radius 2 is 1.45 bits per heavy atom. The molecule has 0 bridgehead atoms. The lowest BCUT2D eigenvalue weighted by atomic mass is 9.75. The fraction of sp³-hybridized carbons (Fsp3) is 0.875. The third kappa shape index (κ3) is 2.50. The number of rotatable bonds is 1. The normalized spacial score (nSPS) is 18.2. The van der Waals surface area contributed by atoms with E-state index in [4.69, 9.17) is 0 Å². The van der Waals surface area contributed by atoms with Gasteiger partial charge in [0.1, 0.15) is 11.6 Å². The molecule has 0 unspecified atom stereocenters. The van der Waals surface area contributed by atoms with Gasteiger partial charge in [-0.05, 0) is 19.3 Å². The second-order valence-corrected chi connectivity index (χ2v) is 8.57. The van der Waals surface area contributed by atoms with Gasteiger partial charge in [0.05, 0.1) is 6.54 Å². The molecule has 2 heterocycles. The van der Waals surface area contributed by atoms with Gasteiger partial charge in [-0.25, -0.2) is 0 Å². The van der Waals surface area contributed by atoms with Crippen LogP contribution in [-0.2, 0) is 18.5 Å². The summed E-state index contributed by atoms with van der Waals surface area (Å²) in [5.41, 5.74) is 0.446. The average molecular weight is 278 g/mol. The van der Waals surface area contributed by atoms with Crippen LogP contribution < -0.4 is 0 Å². The maximum absolute atomic E-state index is 4.44. The van der Waals surface area contributed by atoms with Crippen LogP contribution in [0.5, 0.6) is 0 Å². The minimum Gasteiger partial charge on any atom is -0.312 e. The Labute approximate surface area is 123 Å². The molecule has 0 saturated carbocycles. The smallest absolute Gasteiger partial charge is 0.147 e. The fourth-order valence-corrected chi connectivity index (χ4v) is 2.66. The van der Waals surface area contributed by atoms with Crippen molar-refractivity contribution < 1.29 is 0 Å². The maximum atomic E-state index is 4.44. The molecule has 0 atom stereocenters. The number of nitrogens with zero attached hydrogens (tertiary/aromatic N) is 4. The SMILES string of the molecule is CC(C)(C)c1nnc2n1CCN(C(C)(C)C(C)(C)C)C2. The molecule has 0 N–H and O–H groups in total. The minimum absolute atomic E-state index is 0.0625. The topological polar surface area (TPSA) is 34.0 Å². The molecule has 0 amide bonds. The van der Waals surface area contributed by atoms with E-state index in [2.05, 4.69) is 75.1 Å². The summed E-state index contributed by atoms with van der Waals surface area (Å²) >= 11 is 0. The predicted molar refractivity (Wildman–Crippen MR) is 82.7 cm³/mol. The largest absolute Gasteiger partial charge is 0.312 e. The highest BCUT2D eigenvalue weighted by Gasteiger charge is 2.40. The summed E-state index contributed by atoms with van der Waals surface area (Å²) in [6.45, 7) is 21.2. The van der Waals surface area contributed by atoms with Gasteiger partial charge < -0.3 is 4.57 Å². The van der Waals surface area contributed by atoms with Crippen molar-refractivity contribution in [2.24, 2.45) is 5.41 Å². The van der Waals surface area contributed by atoms with Crippen molar-refractivity contribution in [1.29, 1.82) is 0 Å². The first-order valence-corrected chi connectivity index (χ1v) is 7.62. The average Bonchev–Trinajstić information content (AvgIpc) is 2.69. The fourth-order valence-electron chi connectivity index (χ4n) is 2.66. The zero-order valence-corrected chi connectivity index (χ0v) is 14.4. The summed E-state index contributed by atoms with van der Waals surface area (Å²) in [5.74, 6) is 2.22. The molecule has 0 radical (unpaired) electrons. The molecule has 114 valence electrons. The molecule has 4 heteroatoms. The van der Waals surface area contributed by atoms with Crippen LogP contribution in [0.4, 0.5) is 0 Å². The van der Waals surface area contributed by atoms with E-state index in [1.54, 1.807) is 0 Å². The first-order valence-electron chi connectivity index (χ1n) is 7.62. The van der Waals surface area contributed by atoms with Gasteiger partial charge in [-0.3, -0.25) is 4.90 Å². The van der Waals surface area contributed by atoms with Crippen molar-refractivity contribution in [2.75, 3.05) is 6.54 Å². The molecule has 0 aliphatic carbocycles. The van der Waals surface area contributed by atoms with Gasteiger partial charge >= 0.3 is 0 Å². The Balaban J connectivity index is 2.28. The summed E-state index contributed by atoms with van der Waals surface area (Å²) in [6.07, 6.45) is 0. The molecule has 1 aliphatic heterocycles. The van der Waals surface area contributed by atoms with Crippen LogP contribution >= 0.6 is 0 Å².